The second kappa shape index (κ2) is 7.92. The van der Waals surface area contributed by atoms with E-state index in [2.05, 4.69) is 5.32 Å². The molecule has 2 amide bonds. The molecule has 1 aromatic carbocycles. The third-order valence-corrected chi connectivity index (χ3v) is 6.00. The number of amides is 2. The van der Waals surface area contributed by atoms with Crippen LogP contribution in [-0.2, 0) is 15.0 Å². The van der Waals surface area contributed by atoms with E-state index in [-0.39, 0.29) is 11.8 Å². The molecule has 0 bridgehead atoms. The first-order valence-electron chi connectivity index (χ1n) is 8.86. The van der Waals surface area contributed by atoms with Crippen LogP contribution in [0.5, 0.6) is 0 Å². The molecule has 1 aliphatic heterocycles. The van der Waals surface area contributed by atoms with E-state index in [9.17, 15) is 19.5 Å². The van der Waals surface area contributed by atoms with E-state index in [4.69, 9.17) is 0 Å². The Labute approximate surface area is 161 Å². The van der Waals surface area contributed by atoms with E-state index < -0.39 is 17.4 Å². The van der Waals surface area contributed by atoms with Crippen molar-refractivity contribution in [3.05, 3.63) is 58.3 Å². The maximum atomic E-state index is 12.7. The summed E-state index contributed by atoms with van der Waals surface area (Å²) in [4.78, 5) is 39.0. The summed E-state index contributed by atoms with van der Waals surface area (Å²) in [6.07, 6.45) is 0.702. The number of benzene rings is 1. The minimum Gasteiger partial charge on any atom is -0.481 e. The van der Waals surface area contributed by atoms with Gasteiger partial charge in [0.25, 0.3) is 5.91 Å². The SMILES string of the molecule is CC(NC(=O)c1cccs1)C(=O)N1CCC(C(=O)O)(c2ccccc2)CC1. The van der Waals surface area contributed by atoms with Crippen molar-refractivity contribution >= 4 is 29.1 Å². The van der Waals surface area contributed by atoms with Gasteiger partial charge >= 0.3 is 5.97 Å². The van der Waals surface area contributed by atoms with Crippen molar-refractivity contribution in [1.29, 1.82) is 0 Å². The minimum atomic E-state index is -0.971. The maximum absolute atomic E-state index is 12.7. The smallest absolute Gasteiger partial charge is 0.314 e. The number of rotatable bonds is 5. The number of aliphatic carboxylic acids is 1. The predicted octanol–water partition coefficient (Wildman–Crippen LogP) is 2.51. The lowest BCUT2D eigenvalue weighted by molar-refractivity contribution is -0.148. The van der Waals surface area contributed by atoms with Gasteiger partial charge in [0, 0.05) is 13.1 Å². The van der Waals surface area contributed by atoms with E-state index in [1.807, 2.05) is 30.3 Å². The van der Waals surface area contributed by atoms with Crippen LogP contribution in [0.3, 0.4) is 0 Å². The molecule has 0 aliphatic carbocycles. The van der Waals surface area contributed by atoms with Gasteiger partial charge in [-0.2, -0.15) is 0 Å². The number of nitrogens with zero attached hydrogens (tertiary/aromatic N) is 1. The molecule has 1 aromatic heterocycles. The number of hydrogen-bond donors (Lipinski definition) is 2. The zero-order valence-electron chi connectivity index (χ0n) is 15.1. The van der Waals surface area contributed by atoms with Crippen molar-refractivity contribution < 1.29 is 19.5 Å². The topological polar surface area (TPSA) is 86.7 Å². The fourth-order valence-electron chi connectivity index (χ4n) is 3.50. The monoisotopic (exact) mass is 386 g/mol. The Hall–Kier alpha value is -2.67. The van der Waals surface area contributed by atoms with Crippen molar-refractivity contribution in [2.75, 3.05) is 13.1 Å². The molecule has 0 saturated carbocycles. The average molecular weight is 386 g/mol. The Bertz CT molecular complexity index is 812. The number of thiophene rings is 1. The fraction of sp³-hybridized carbons (Fsp3) is 0.350. The molecular formula is C20H22N2O4S. The Balaban J connectivity index is 1.64. The normalized spacial score (nSPS) is 17.1. The number of carboxylic acids is 1. The molecule has 1 saturated heterocycles. The number of carbonyl (C=O) groups excluding carboxylic acids is 2. The highest BCUT2D eigenvalue weighted by molar-refractivity contribution is 7.12. The van der Waals surface area contributed by atoms with E-state index in [1.54, 1.807) is 29.3 Å². The number of likely N-dealkylation sites (tertiary alicyclic amines) is 1. The quantitative estimate of drug-likeness (QED) is 0.827. The first kappa shape index (κ1) is 19.1. The number of nitrogens with one attached hydrogen (secondary N) is 1. The standard InChI is InChI=1S/C20H22N2O4S/c1-14(21-17(23)16-8-5-13-27-16)18(24)22-11-9-20(10-12-22,19(25)26)15-6-3-2-4-7-15/h2-8,13-14H,9-12H2,1H3,(H,21,23)(H,25,26). The molecule has 0 spiro atoms. The fourth-order valence-corrected chi connectivity index (χ4v) is 4.13. The van der Waals surface area contributed by atoms with Gasteiger partial charge < -0.3 is 15.3 Å². The summed E-state index contributed by atoms with van der Waals surface area (Å²) >= 11 is 1.32. The molecule has 3 rings (SSSR count). The Kier molecular flexibility index (Phi) is 5.60. The van der Waals surface area contributed by atoms with Gasteiger partial charge in [-0.15, -0.1) is 11.3 Å². The van der Waals surface area contributed by atoms with Crippen LogP contribution in [-0.4, -0.2) is 46.9 Å². The number of carboxylic acid groups (broad SMARTS) is 1. The van der Waals surface area contributed by atoms with E-state index in [1.165, 1.54) is 11.3 Å². The molecular weight excluding hydrogens is 364 g/mol. The molecule has 142 valence electrons. The Morgan fingerprint density at radius 2 is 1.78 bits per heavy atom. The van der Waals surface area contributed by atoms with Gasteiger partial charge in [0.1, 0.15) is 6.04 Å². The number of hydrogen-bond acceptors (Lipinski definition) is 4. The molecule has 6 nitrogen and oxygen atoms in total. The van der Waals surface area contributed by atoms with Crippen molar-refractivity contribution in [3.8, 4) is 0 Å². The van der Waals surface area contributed by atoms with Gasteiger partial charge in [0.2, 0.25) is 5.91 Å². The van der Waals surface area contributed by atoms with Crippen LogP contribution in [0, 0.1) is 0 Å². The molecule has 7 heteroatoms. The first-order valence-corrected chi connectivity index (χ1v) is 9.74. The molecule has 1 unspecified atom stereocenters. The van der Waals surface area contributed by atoms with Crippen LogP contribution in [0.2, 0.25) is 0 Å². The highest BCUT2D eigenvalue weighted by Crippen LogP contribution is 2.36. The molecule has 2 N–H and O–H groups in total. The van der Waals surface area contributed by atoms with Crippen LogP contribution in [0.1, 0.15) is 35.0 Å². The predicted molar refractivity (Wildman–Crippen MR) is 103 cm³/mol. The summed E-state index contributed by atoms with van der Waals surface area (Å²) in [5.41, 5.74) is -0.203. The van der Waals surface area contributed by atoms with E-state index >= 15 is 0 Å². The van der Waals surface area contributed by atoms with Gasteiger partial charge in [-0.25, -0.2) is 0 Å². The zero-order valence-corrected chi connectivity index (χ0v) is 15.9. The molecule has 1 aliphatic rings. The summed E-state index contributed by atoms with van der Waals surface area (Å²) in [5, 5.41) is 14.4. The van der Waals surface area contributed by atoms with Crippen LogP contribution in [0.25, 0.3) is 0 Å². The number of piperidine rings is 1. The van der Waals surface area contributed by atoms with Gasteiger partial charge in [0.15, 0.2) is 0 Å². The summed E-state index contributed by atoms with van der Waals surface area (Å²) in [6.45, 7) is 2.35. The number of carbonyl (C=O) groups is 3. The second-order valence-corrected chi connectivity index (χ2v) is 7.70. The highest BCUT2D eigenvalue weighted by Gasteiger charge is 2.44. The molecule has 2 aromatic rings. The Morgan fingerprint density at radius 3 is 2.33 bits per heavy atom. The minimum absolute atomic E-state index is 0.188. The third kappa shape index (κ3) is 3.88. The summed E-state index contributed by atoms with van der Waals surface area (Å²) in [6, 6.07) is 12.0. The van der Waals surface area contributed by atoms with E-state index in [0.717, 1.165) is 5.56 Å². The van der Waals surface area contributed by atoms with Crippen LogP contribution < -0.4 is 5.32 Å². The van der Waals surface area contributed by atoms with Crippen molar-refractivity contribution in [2.24, 2.45) is 0 Å². The molecule has 1 fully saturated rings. The highest BCUT2D eigenvalue weighted by atomic mass is 32.1. The molecule has 2 heterocycles. The third-order valence-electron chi connectivity index (χ3n) is 5.13. The van der Waals surface area contributed by atoms with Crippen molar-refractivity contribution in [3.63, 3.8) is 0 Å². The summed E-state index contributed by atoms with van der Waals surface area (Å²) in [7, 11) is 0. The van der Waals surface area contributed by atoms with Gasteiger partial charge in [-0.1, -0.05) is 36.4 Å². The average Bonchev–Trinajstić information content (AvgIpc) is 3.23. The summed E-state index contributed by atoms with van der Waals surface area (Å²) < 4.78 is 0. The maximum Gasteiger partial charge on any atom is 0.314 e. The summed E-state index contributed by atoms with van der Waals surface area (Å²) in [5.74, 6) is -1.32. The van der Waals surface area contributed by atoms with Gasteiger partial charge in [-0.3, -0.25) is 14.4 Å². The van der Waals surface area contributed by atoms with Gasteiger partial charge in [-0.05, 0) is 36.8 Å². The van der Waals surface area contributed by atoms with Crippen molar-refractivity contribution in [2.45, 2.75) is 31.2 Å². The molecule has 0 radical (unpaired) electrons. The van der Waals surface area contributed by atoms with Crippen LogP contribution in [0.4, 0.5) is 0 Å². The lowest BCUT2D eigenvalue weighted by Crippen LogP contribution is -2.53. The van der Waals surface area contributed by atoms with Crippen LogP contribution >= 0.6 is 11.3 Å². The van der Waals surface area contributed by atoms with E-state index in [0.29, 0.717) is 30.8 Å². The van der Waals surface area contributed by atoms with Crippen molar-refractivity contribution in [1.82, 2.24) is 10.2 Å². The second-order valence-electron chi connectivity index (χ2n) is 6.75. The molecule has 27 heavy (non-hydrogen) atoms. The largest absolute Gasteiger partial charge is 0.481 e. The lowest BCUT2D eigenvalue weighted by Gasteiger charge is -2.40. The lowest BCUT2D eigenvalue weighted by atomic mass is 9.73. The Morgan fingerprint density at radius 1 is 1.11 bits per heavy atom. The van der Waals surface area contributed by atoms with Crippen LogP contribution in [0.15, 0.2) is 47.8 Å². The first-order chi connectivity index (χ1) is 12.9. The van der Waals surface area contributed by atoms with Gasteiger partial charge in [0.05, 0.1) is 10.3 Å². The zero-order chi connectivity index (χ0) is 19.4. The molecule has 1 atom stereocenters.